The lowest BCUT2D eigenvalue weighted by atomic mass is 10.00. The zero-order valence-corrected chi connectivity index (χ0v) is 12.9. The van der Waals surface area contributed by atoms with Crippen LogP contribution < -0.4 is 11.1 Å². The number of amides is 1. The summed E-state index contributed by atoms with van der Waals surface area (Å²) in [5.41, 5.74) is 10.2. The van der Waals surface area contributed by atoms with E-state index in [1.807, 2.05) is 26.0 Å². The second-order valence-corrected chi connectivity index (χ2v) is 5.52. The van der Waals surface area contributed by atoms with Crippen molar-refractivity contribution in [2.75, 3.05) is 0 Å². The molecule has 1 aromatic carbocycles. The van der Waals surface area contributed by atoms with E-state index in [1.165, 1.54) is 5.56 Å². The van der Waals surface area contributed by atoms with Crippen LogP contribution in [0.3, 0.4) is 0 Å². The van der Waals surface area contributed by atoms with E-state index in [0.717, 1.165) is 11.1 Å². The van der Waals surface area contributed by atoms with Crippen LogP contribution >= 0.6 is 0 Å². The van der Waals surface area contributed by atoms with Crippen LogP contribution in [0.4, 0.5) is 0 Å². The highest BCUT2D eigenvalue weighted by atomic mass is 16.2. The Morgan fingerprint density at radius 3 is 2.67 bits per heavy atom. The molecule has 0 saturated carbocycles. The lowest BCUT2D eigenvalue weighted by molar-refractivity contribution is -0.123. The maximum atomic E-state index is 12.2. The Kier molecular flexibility index (Phi) is 4.43. The summed E-state index contributed by atoms with van der Waals surface area (Å²) >= 11 is 0. The van der Waals surface area contributed by atoms with Gasteiger partial charge in [-0.15, -0.1) is 0 Å². The predicted octanol–water partition coefficient (Wildman–Crippen LogP) is 1.91. The monoisotopic (exact) mass is 286 g/mol. The minimum atomic E-state index is -0.702. The number of nitrogens with one attached hydrogen (secondary N) is 1. The number of carbonyl (C=O) groups excluding carboxylic acids is 1. The van der Waals surface area contributed by atoms with Gasteiger partial charge in [-0.3, -0.25) is 9.48 Å². The van der Waals surface area contributed by atoms with Gasteiger partial charge in [0.05, 0.1) is 12.2 Å². The van der Waals surface area contributed by atoms with Gasteiger partial charge < -0.3 is 11.1 Å². The lowest BCUT2D eigenvalue weighted by Gasteiger charge is -2.19. The van der Waals surface area contributed by atoms with Gasteiger partial charge in [0.15, 0.2) is 0 Å². The topological polar surface area (TPSA) is 72.9 Å². The lowest BCUT2D eigenvalue weighted by Crippen LogP contribution is -2.35. The average Bonchev–Trinajstić information content (AvgIpc) is 2.84. The molecule has 0 bridgehead atoms. The molecule has 0 spiro atoms. The fourth-order valence-corrected chi connectivity index (χ4v) is 2.44. The zero-order chi connectivity index (χ0) is 15.6. The number of aryl methyl sites for hydroxylation is 3. The highest BCUT2D eigenvalue weighted by Crippen LogP contribution is 2.19. The zero-order valence-electron chi connectivity index (χ0n) is 12.9. The molecular formula is C16H22N4O. The summed E-state index contributed by atoms with van der Waals surface area (Å²) in [6.07, 6.45) is 3.37. The number of rotatable bonds is 4. The van der Waals surface area contributed by atoms with Crippen LogP contribution in [0.15, 0.2) is 30.6 Å². The van der Waals surface area contributed by atoms with Gasteiger partial charge in [0.25, 0.3) is 0 Å². The first-order valence-corrected chi connectivity index (χ1v) is 7.00. The van der Waals surface area contributed by atoms with Gasteiger partial charge in [-0.25, -0.2) is 0 Å². The molecule has 5 heteroatoms. The number of benzene rings is 1. The van der Waals surface area contributed by atoms with Crippen molar-refractivity contribution in [3.05, 3.63) is 52.8 Å². The molecule has 3 N–H and O–H groups in total. The first-order valence-electron chi connectivity index (χ1n) is 7.00. The van der Waals surface area contributed by atoms with Crippen molar-refractivity contribution in [1.82, 2.24) is 15.1 Å². The molecule has 0 aliphatic heterocycles. The molecule has 2 unspecified atom stereocenters. The molecule has 0 aliphatic rings. The summed E-state index contributed by atoms with van der Waals surface area (Å²) < 4.78 is 1.63. The minimum Gasteiger partial charge on any atom is -0.348 e. The molecule has 2 aromatic rings. The fourth-order valence-electron chi connectivity index (χ4n) is 2.44. The standard InChI is InChI=1S/C16H22N4O/c1-10-5-6-14(11(2)7-10)12(3)19-16(21)15(17)13-8-18-20(4)9-13/h5-9,12,15H,17H2,1-4H3,(H,19,21). The van der Waals surface area contributed by atoms with Gasteiger partial charge in [-0.1, -0.05) is 23.8 Å². The SMILES string of the molecule is Cc1ccc(C(C)NC(=O)C(N)c2cnn(C)c2)c(C)c1. The van der Waals surface area contributed by atoms with E-state index >= 15 is 0 Å². The summed E-state index contributed by atoms with van der Waals surface area (Å²) in [7, 11) is 1.80. The normalized spacial score (nSPS) is 13.8. The Balaban J connectivity index is 2.08. The first-order chi connectivity index (χ1) is 9.88. The van der Waals surface area contributed by atoms with Crippen LogP contribution in [0.25, 0.3) is 0 Å². The Hall–Kier alpha value is -2.14. The maximum Gasteiger partial charge on any atom is 0.242 e. The number of nitrogens with zero attached hydrogens (tertiary/aromatic N) is 2. The van der Waals surface area contributed by atoms with Crippen molar-refractivity contribution in [3.8, 4) is 0 Å². The Morgan fingerprint density at radius 2 is 2.10 bits per heavy atom. The number of aromatic nitrogens is 2. The number of hydrogen-bond acceptors (Lipinski definition) is 3. The van der Waals surface area contributed by atoms with Crippen LogP contribution in [0.1, 0.15) is 41.3 Å². The second-order valence-electron chi connectivity index (χ2n) is 5.52. The minimum absolute atomic E-state index is 0.0826. The van der Waals surface area contributed by atoms with Crippen LogP contribution in [0.5, 0.6) is 0 Å². The first kappa shape index (κ1) is 15.3. The van der Waals surface area contributed by atoms with Crippen molar-refractivity contribution in [3.63, 3.8) is 0 Å². The van der Waals surface area contributed by atoms with E-state index in [9.17, 15) is 4.79 Å². The van der Waals surface area contributed by atoms with Gasteiger partial charge in [0.2, 0.25) is 5.91 Å². The van der Waals surface area contributed by atoms with E-state index in [1.54, 1.807) is 24.1 Å². The molecule has 112 valence electrons. The third-order valence-electron chi connectivity index (χ3n) is 3.62. The van der Waals surface area contributed by atoms with Gasteiger partial charge >= 0.3 is 0 Å². The van der Waals surface area contributed by atoms with E-state index < -0.39 is 6.04 Å². The second kappa shape index (κ2) is 6.10. The molecule has 0 radical (unpaired) electrons. The number of carbonyl (C=O) groups is 1. The summed E-state index contributed by atoms with van der Waals surface area (Å²) in [5.74, 6) is -0.199. The van der Waals surface area contributed by atoms with Crippen molar-refractivity contribution in [1.29, 1.82) is 0 Å². The van der Waals surface area contributed by atoms with Gasteiger partial charge in [-0.05, 0) is 31.9 Å². The Morgan fingerprint density at radius 1 is 1.38 bits per heavy atom. The molecule has 0 aliphatic carbocycles. The molecule has 1 aromatic heterocycles. The molecule has 0 saturated heterocycles. The van der Waals surface area contributed by atoms with Gasteiger partial charge in [-0.2, -0.15) is 5.10 Å². The van der Waals surface area contributed by atoms with Crippen molar-refractivity contribution in [2.24, 2.45) is 12.8 Å². The molecular weight excluding hydrogens is 264 g/mol. The fraction of sp³-hybridized carbons (Fsp3) is 0.375. The summed E-state index contributed by atoms with van der Waals surface area (Å²) in [5, 5.41) is 7.00. The van der Waals surface area contributed by atoms with Crippen LogP contribution in [-0.4, -0.2) is 15.7 Å². The molecule has 0 fully saturated rings. The predicted molar refractivity (Wildman–Crippen MR) is 82.6 cm³/mol. The van der Waals surface area contributed by atoms with Gasteiger partial charge in [0.1, 0.15) is 6.04 Å². The van der Waals surface area contributed by atoms with E-state index in [4.69, 9.17) is 5.73 Å². The third-order valence-corrected chi connectivity index (χ3v) is 3.62. The third kappa shape index (κ3) is 3.49. The Labute approximate surface area is 125 Å². The molecule has 5 nitrogen and oxygen atoms in total. The molecule has 2 rings (SSSR count). The van der Waals surface area contributed by atoms with Crippen molar-refractivity contribution < 1.29 is 4.79 Å². The average molecular weight is 286 g/mol. The van der Waals surface area contributed by atoms with Gasteiger partial charge in [0, 0.05) is 18.8 Å². The number of hydrogen-bond donors (Lipinski definition) is 2. The largest absolute Gasteiger partial charge is 0.348 e. The molecule has 1 heterocycles. The van der Waals surface area contributed by atoms with Crippen molar-refractivity contribution in [2.45, 2.75) is 32.9 Å². The van der Waals surface area contributed by atoms with E-state index in [0.29, 0.717) is 5.56 Å². The highest BCUT2D eigenvalue weighted by molar-refractivity contribution is 5.83. The smallest absolute Gasteiger partial charge is 0.242 e. The van der Waals surface area contributed by atoms with Crippen LogP contribution in [-0.2, 0) is 11.8 Å². The van der Waals surface area contributed by atoms with Crippen molar-refractivity contribution >= 4 is 5.91 Å². The van der Waals surface area contributed by atoms with E-state index in [2.05, 4.69) is 23.4 Å². The summed E-state index contributed by atoms with van der Waals surface area (Å²) in [4.78, 5) is 12.2. The molecule has 1 amide bonds. The maximum absolute atomic E-state index is 12.2. The van der Waals surface area contributed by atoms with Crippen LogP contribution in [0, 0.1) is 13.8 Å². The summed E-state index contributed by atoms with van der Waals surface area (Å²) in [6.45, 7) is 6.07. The molecule has 2 atom stereocenters. The Bertz CT molecular complexity index is 647. The van der Waals surface area contributed by atoms with E-state index in [-0.39, 0.29) is 11.9 Å². The quantitative estimate of drug-likeness (QED) is 0.901. The molecule has 21 heavy (non-hydrogen) atoms. The van der Waals surface area contributed by atoms with Crippen LogP contribution in [0.2, 0.25) is 0 Å². The summed E-state index contributed by atoms with van der Waals surface area (Å²) in [6, 6.07) is 5.42. The highest BCUT2D eigenvalue weighted by Gasteiger charge is 2.20. The number of nitrogens with two attached hydrogens (primary N) is 1.